The van der Waals surface area contributed by atoms with E-state index in [-0.39, 0.29) is 28.2 Å². The largest absolute Gasteiger partial charge is 0.444 e. The molecule has 12 heteroatoms. The number of aromatic nitrogens is 2. The normalized spacial score (nSPS) is 15.3. The van der Waals surface area contributed by atoms with E-state index < -0.39 is 23.4 Å². The van der Waals surface area contributed by atoms with E-state index in [0.717, 1.165) is 36.4 Å². The number of thiazole rings is 1. The number of ether oxygens (including phenoxy) is 1. The number of anilines is 2. The number of nitrogens with zero attached hydrogens (tertiary/aromatic N) is 4. The molecule has 3 heterocycles. The molecule has 212 valence electrons. The highest BCUT2D eigenvalue weighted by molar-refractivity contribution is 7.13. The van der Waals surface area contributed by atoms with Crippen molar-refractivity contribution in [1.82, 2.24) is 20.2 Å². The molecule has 40 heavy (non-hydrogen) atoms. The molecular formula is C28H33FN6O4S. The number of nitrogens with one attached hydrogen (secondary N) is 2. The highest BCUT2D eigenvalue weighted by Gasteiger charge is 2.26. The van der Waals surface area contributed by atoms with E-state index in [1.165, 1.54) is 23.1 Å². The summed E-state index contributed by atoms with van der Waals surface area (Å²) < 4.78 is 20.0. The smallest absolute Gasteiger partial charge is 0.407 e. The lowest BCUT2D eigenvalue weighted by Gasteiger charge is -2.35. The molecule has 1 fully saturated rings. The van der Waals surface area contributed by atoms with Gasteiger partial charge >= 0.3 is 6.09 Å². The fourth-order valence-electron chi connectivity index (χ4n) is 4.32. The van der Waals surface area contributed by atoms with Crippen molar-refractivity contribution in [3.05, 3.63) is 59.1 Å². The van der Waals surface area contributed by atoms with Gasteiger partial charge in [-0.25, -0.2) is 14.2 Å². The summed E-state index contributed by atoms with van der Waals surface area (Å²) in [5.74, 6) is -1.27. The minimum Gasteiger partial charge on any atom is -0.444 e. The Bertz CT molecular complexity index is 1400. The minimum atomic E-state index is -0.589. The summed E-state index contributed by atoms with van der Waals surface area (Å²) in [4.78, 5) is 49.8. The Morgan fingerprint density at radius 3 is 2.70 bits per heavy atom. The Hall–Kier alpha value is -4.06. The Balaban J connectivity index is 1.48. The summed E-state index contributed by atoms with van der Waals surface area (Å²) >= 11 is 1.11. The summed E-state index contributed by atoms with van der Waals surface area (Å²) in [5, 5.41) is 7.63. The number of carbonyl (C=O) groups is 3. The van der Waals surface area contributed by atoms with E-state index in [4.69, 9.17) is 4.74 Å². The van der Waals surface area contributed by atoms with E-state index in [2.05, 4.69) is 25.5 Å². The van der Waals surface area contributed by atoms with Crippen molar-refractivity contribution in [2.75, 3.05) is 37.4 Å². The maximum absolute atomic E-state index is 14.6. The number of carbonyl (C=O) groups excluding carboxylic acids is 3. The van der Waals surface area contributed by atoms with Crippen LogP contribution in [0.4, 0.5) is 20.6 Å². The standard InChI is InChI=1S/C28H33FN6O4S/c1-28(2,3)39-27(38)31-18-7-6-12-35(15-18)23-10-11-30-14-21(23)32-24(36)22-16-40-25(33-22)19-13-17(8-9-20(19)29)26(37)34(4)5/h8-11,13-14,16,18H,6-7,12,15H2,1-5H3,(H,31,38)(H,32,36)/t18-/m0/s1. The zero-order valence-electron chi connectivity index (χ0n) is 23.2. The van der Waals surface area contributed by atoms with Crippen LogP contribution in [0.25, 0.3) is 10.6 Å². The average Bonchev–Trinajstić information content (AvgIpc) is 3.38. The van der Waals surface area contributed by atoms with Gasteiger partial charge in [0.1, 0.15) is 22.1 Å². The summed E-state index contributed by atoms with van der Waals surface area (Å²) in [7, 11) is 3.23. The number of hydrogen-bond acceptors (Lipinski definition) is 8. The first-order valence-electron chi connectivity index (χ1n) is 12.9. The molecule has 1 aliphatic rings. The number of halogens is 1. The van der Waals surface area contributed by atoms with Gasteiger partial charge in [0, 0.05) is 55.9 Å². The molecule has 0 aliphatic carbocycles. The molecule has 3 amide bonds. The molecule has 0 bridgehead atoms. The highest BCUT2D eigenvalue weighted by atomic mass is 32.1. The fraction of sp³-hybridized carbons (Fsp3) is 0.393. The van der Waals surface area contributed by atoms with Crippen LogP contribution < -0.4 is 15.5 Å². The molecule has 4 rings (SSSR count). The van der Waals surface area contributed by atoms with Crippen molar-refractivity contribution >= 4 is 40.6 Å². The highest BCUT2D eigenvalue weighted by Crippen LogP contribution is 2.30. The first-order chi connectivity index (χ1) is 18.9. The molecule has 1 aliphatic heterocycles. The van der Waals surface area contributed by atoms with Crippen molar-refractivity contribution in [2.45, 2.75) is 45.3 Å². The molecular weight excluding hydrogens is 535 g/mol. The topological polar surface area (TPSA) is 117 Å². The fourth-order valence-corrected chi connectivity index (χ4v) is 5.13. The van der Waals surface area contributed by atoms with Crippen molar-refractivity contribution in [3.63, 3.8) is 0 Å². The lowest BCUT2D eigenvalue weighted by atomic mass is 10.0. The lowest BCUT2D eigenvalue weighted by Crippen LogP contribution is -2.49. The van der Waals surface area contributed by atoms with E-state index in [1.807, 2.05) is 20.8 Å². The Kier molecular flexibility index (Phi) is 8.67. The van der Waals surface area contributed by atoms with Crippen LogP contribution in [-0.2, 0) is 4.74 Å². The quantitative estimate of drug-likeness (QED) is 0.439. The minimum absolute atomic E-state index is 0.113. The monoisotopic (exact) mass is 568 g/mol. The molecule has 0 saturated carbocycles. The Morgan fingerprint density at radius 1 is 1.20 bits per heavy atom. The maximum atomic E-state index is 14.6. The molecule has 2 N–H and O–H groups in total. The molecule has 0 spiro atoms. The van der Waals surface area contributed by atoms with Gasteiger partial charge in [0.25, 0.3) is 11.8 Å². The SMILES string of the molecule is CN(C)C(=O)c1ccc(F)c(-c2nc(C(=O)Nc3cnccc3N3CCC[C@H](NC(=O)OC(C)(C)C)C3)cs2)c1. The van der Waals surface area contributed by atoms with Gasteiger partial charge in [-0.3, -0.25) is 14.6 Å². The van der Waals surface area contributed by atoms with Gasteiger partial charge < -0.3 is 25.2 Å². The molecule has 1 aromatic carbocycles. The number of benzene rings is 1. The zero-order chi connectivity index (χ0) is 29.0. The third-order valence-electron chi connectivity index (χ3n) is 6.12. The second kappa shape index (κ2) is 12.0. The first kappa shape index (κ1) is 28.9. The predicted octanol–water partition coefficient (Wildman–Crippen LogP) is 4.79. The van der Waals surface area contributed by atoms with Crippen LogP contribution in [0.5, 0.6) is 0 Å². The number of hydrogen-bond donors (Lipinski definition) is 2. The van der Waals surface area contributed by atoms with Gasteiger partial charge in [-0.15, -0.1) is 11.3 Å². The van der Waals surface area contributed by atoms with E-state index in [0.29, 0.717) is 17.8 Å². The van der Waals surface area contributed by atoms with Gasteiger partial charge in [0.2, 0.25) is 0 Å². The van der Waals surface area contributed by atoms with Gasteiger partial charge in [0.15, 0.2) is 0 Å². The number of piperidine rings is 1. The van der Waals surface area contributed by atoms with Gasteiger partial charge in [-0.2, -0.15) is 0 Å². The maximum Gasteiger partial charge on any atom is 0.407 e. The summed E-state index contributed by atoms with van der Waals surface area (Å²) in [6.45, 7) is 6.72. The van der Waals surface area contributed by atoms with Crippen molar-refractivity contribution < 1.29 is 23.5 Å². The van der Waals surface area contributed by atoms with Crippen LogP contribution in [0.2, 0.25) is 0 Å². The molecule has 1 atom stereocenters. The van der Waals surface area contributed by atoms with Crippen molar-refractivity contribution in [2.24, 2.45) is 0 Å². The molecule has 0 radical (unpaired) electrons. The van der Waals surface area contributed by atoms with Gasteiger partial charge in [0.05, 0.1) is 17.6 Å². The molecule has 0 unspecified atom stereocenters. The van der Waals surface area contributed by atoms with Crippen LogP contribution in [0, 0.1) is 5.82 Å². The van der Waals surface area contributed by atoms with Crippen LogP contribution in [-0.4, -0.2) is 71.6 Å². The third kappa shape index (κ3) is 7.12. The van der Waals surface area contributed by atoms with E-state index in [1.54, 1.807) is 37.9 Å². The second-order valence-electron chi connectivity index (χ2n) is 10.7. The van der Waals surface area contributed by atoms with E-state index >= 15 is 0 Å². The van der Waals surface area contributed by atoms with Crippen LogP contribution in [0.15, 0.2) is 42.0 Å². The first-order valence-corrected chi connectivity index (χ1v) is 13.8. The molecule has 3 aromatic rings. The average molecular weight is 569 g/mol. The van der Waals surface area contributed by atoms with Crippen LogP contribution in [0.3, 0.4) is 0 Å². The predicted molar refractivity (Wildman–Crippen MR) is 152 cm³/mol. The van der Waals surface area contributed by atoms with Crippen molar-refractivity contribution in [1.29, 1.82) is 0 Å². The van der Waals surface area contributed by atoms with Crippen molar-refractivity contribution in [3.8, 4) is 10.6 Å². The van der Waals surface area contributed by atoms with Crippen LogP contribution >= 0.6 is 11.3 Å². The second-order valence-corrected chi connectivity index (χ2v) is 11.6. The number of pyridine rings is 1. The van der Waals surface area contributed by atoms with E-state index in [9.17, 15) is 18.8 Å². The number of alkyl carbamates (subject to hydrolysis) is 1. The zero-order valence-corrected chi connectivity index (χ0v) is 24.0. The molecule has 2 aromatic heterocycles. The summed E-state index contributed by atoms with van der Waals surface area (Å²) in [5.41, 5.74) is 1.25. The molecule has 10 nitrogen and oxygen atoms in total. The van der Waals surface area contributed by atoms with Crippen LogP contribution in [0.1, 0.15) is 54.5 Å². The third-order valence-corrected chi connectivity index (χ3v) is 6.99. The molecule has 1 saturated heterocycles. The lowest BCUT2D eigenvalue weighted by molar-refractivity contribution is 0.0499. The number of rotatable bonds is 6. The number of amides is 3. The van der Waals surface area contributed by atoms with Gasteiger partial charge in [-0.05, 0) is 57.9 Å². The van der Waals surface area contributed by atoms with Gasteiger partial charge in [-0.1, -0.05) is 0 Å². The Labute approximate surface area is 236 Å². The Morgan fingerprint density at radius 2 is 1.98 bits per heavy atom. The summed E-state index contributed by atoms with van der Waals surface area (Å²) in [6.07, 6.45) is 4.38. The summed E-state index contributed by atoms with van der Waals surface area (Å²) in [6, 6.07) is 5.77.